The predicted octanol–water partition coefficient (Wildman–Crippen LogP) is 7.80. The number of unbranched alkanes of at least 4 members (excludes halogenated alkanes) is 3. The molecule has 36 heavy (non-hydrogen) atoms. The molecule has 3 N–H and O–H groups in total. The van der Waals surface area contributed by atoms with Crippen LogP contribution in [0.4, 0.5) is 0 Å². The Bertz CT molecular complexity index is 1360. The molecule has 0 unspecified atom stereocenters. The van der Waals surface area contributed by atoms with E-state index in [1.165, 1.54) is 0 Å². The van der Waals surface area contributed by atoms with Gasteiger partial charge in [-0.2, -0.15) is 0 Å². The molecule has 0 aliphatic carbocycles. The molecular formula is C30H36O6. The lowest BCUT2D eigenvalue weighted by Crippen LogP contribution is -1.99. The molecule has 4 rings (SSSR count). The van der Waals surface area contributed by atoms with Gasteiger partial charge in [-0.3, -0.25) is 0 Å². The quantitative estimate of drug-likeness (QED) is 0.138. The van der Waals surface area contributed by atoms with Gasteiger partial charge in [-0.15, -0.1) is 0 Å². The summed E-state index contributed by atoms with van der Waals surface area (Å²) in [6, 6.07) is 10.5. The first kappa shape index (κ1) is 25.5. The third-order valence-electron chi connectivity index (χ3n) is 6.43. The van der Waals surface area contributed by atoms with Gasteiger partial charge in [0.15, 0.2) is 34.5 Å². The number of fused-ring (bicyclic) bond motifs is 6. The van der Waals surface area contributed by atoms with Crippen molar-refractivity contribution in [2.24, 2.45) is 0 Å². The highest BCUT2D eigenvalue weighted by Crippen LogP contribution is 2.46. The van der Waals surface area contributed by atoms with E-state index in [0.29, 0.717) is 37.1 Å². The van der Waals surface area contributed by atoms with Crippen molar-refractivity contribution in [1.29, 1.82) is 0 Å². The third kappa shape index (κ3) is 5.18. The number of hydrogen-bond donors (Lipinski definition) is 3. The van der Waals surface area contributed by atoms with Crippen LogP contribution in [0.15, 0.2) is 36.4 Å². The van der Waals surface area contributed by atoms with Gasteiger partial charge < -0.3 is 29.5 Å². The highest BCUT2D eigenvalue weighted by molar-refractivity contribution is 6.26. The first-order chi connectivity index (χ1) is 17.5. The van der Waals surface area contributed by atoms with Crippen LogP contribution in [0.2, 0.25) is 0 Å². The Morgan fingerprint density at radius 2 is 0.694 bits per heavy atom. The molecule has 0 saturated carbocycles. The van der Waals surface area contributed by atoms with Gasteiger partial charge in [0.05, 0.1) is 19.8 Å². The zero-order chi connectivity index (χ0) is 25.7. The topological polar surface area (TPSA) is 88.4 Å². The lowest BCUT2D eigenvalue weighted by molar-refractivity contribution is 0.293. The maximum absolute atomic E-state index is 10.8. The van der Waals surface area contributed by atoms with E-state index in [9.17, 15) is 15.3 Å². The van der Waals surface area contributed by atoms with Gasteiger partial charge in [-0.25, -0.2) is 0 Å². The van der Waals surface area contributed by atoms with Crippen LogP contribution in [-0.4, -0.2) is 35.1 Å². The monoisotopic (exact) mass is 492 g/mol. The van der Waals surface area contributed by atoms with Crippen molar-refractivity contribution in [3.8, 4) is 34.5 Å². The van der Waals surface area contributed by atoms with Crippen LogP contribution in [0.1, 0.15) is 59.3 Å². The highest BCUT2D eigenvalue weighted by Gasteiger charge is 2.18. The van der Waals surface area contributed by atoms with Gasteiger partial charge in [0.2, 0.25) is 0 Å². The fraction of sp³-hybridized carbons (Fsp3) is 0.400. The van der Waals surface area contributed by atoms with E-state index in [0.717, 1.165) is 70.8 Å². The van der Waals surface area contributed by atoms with Crippen molar-refractivity contribution < 1.29 is 29.5 Å². The van der Waals surface area contributed by atoms with Crippen molar-refractivity contribution in [3.05, 3.63) is 36.4 Å². The molecule has 4 aromatic rings. The van der Waals surface area contributed by atoms with Gasteiger partial charge >= 0.3 is 0 Å². The number of hydrogen-bond acceptors (Lipinski definition) is 6. The Labute approximate surface area is 212 Å². The van der Waals surface area contributed by atoms with E-state index in [2.05, 4.69) is 20.8 Å². The van der Waals surface area contributed by atoms with Crippen LogP contribution >= 0.6 is 0 Å². The molecule has 0 radical (unpaired) electrons. The normalized spacial score (nSPS) is 11.4. The molecule has 0 spiro atoms. The number of aromatic hydroxyl groups is 3. The van der Waals surface area contributed by atoms with Crippen LogP contribution < -0.4 is 14.2 Å². The second kappa shape index (κ2) is 11.5. The maximum atomic E-state index is 10.8. The SMILES string of the molecule is CCCCOc1cc2c(cc1O)c1cc(O)c(OCCCC)cc1c1cc(OCCCC)c(O)cc21. The molecule has 0 bridgehead atoms. The molecule has 0 aliphatic heterocycles. The molecule has 0 atom stereocenters. The first-order valence-electron chi connectivity index (χ1n) is 13.0. The Hall–Kier alpha value is -3.54. The zero-order valence-electron chi connectivity index (χ0n) is 21.4. The molecule has 6 heteroatoms. The van der Waals surface area contributed by atoms with Gasteiger partial charge in [0, 0.05) is 0 Å². The summed E-state index contributed by atoms with van der Waals surface area (Å²) < 4.78 is 17.6. The van der Waals surface area contributed by atoms with Crippen LogP contribution in [0, 0.1) is 0 Å². The molecule has 0 aliphatic rings. The summed E-state index contributed by atoms with van der Waals surface area (Å²) in [6.45, 7) is 7.77. The Morgan fingerprint density at radius 3 is 0.944 bits per heavy atom. The molecule has 0 heterocycles. The minimum Gasteiger partial charge on any atom is -0.504 e. The lowest BCUT2D eigenvalue weighted by Gasteiger charge is -2.17. The van der Waals surface area contributed by atoms with Gasteiger partial charge in [-0.1, -0.05) is 40.0 Å². The van der Waals surface area contributed by atoms with Crippen molar-refractivity contribution in [2.45, 2.75) is 59.3 Å². The third-order valence-corrected chi connectivity index (χ3v) is 6.43. The summed E-state index contributed by atoms with van der Waals surface area (Å²) in [6.07, 6.45) is 5.61. The lowest BCUT2D eigenvalue weighted by atomic mass is 9.93. The predicted molar refractivity (Wildman–Crippen MR) is 145 cm³/mol. The van der Waals surface area contributed by atoms with E-state index < -0.39 is 0 Å². The van der Waals surface area contributed by atoms with E-state index in [4.69, 9.17) is 14.2 Å². The van der Waals surface area contributed by atoms with E-state index in [1.54, 1.807) is 18.2 Å². The number of rotatable bonds is 12. The minimum absolute atomic E-state index is 0.0331. The average Bonchev–Trinajstić information content (AvgIpc) is 2.86. The van der Waals surface area contributed by atoms with E-state index >= 15 is 0 Å². The van der Waals surface area contributed by atoms with Crippen molar-refractivity contribution in [1.82, 2.24) is 0 Å². The summed E-state index contributed by atoms with van der Waals surface area (Å²) in [7, 11) is 0. The molecule has 4 aromatic carbocycles. The van der Waals surface area contributed by atoms with Crippen LogP contribution in [-0.2, 0) is 0 Å². The second-order valence-electron chi connectivity index (χ2n) is 9.20. The average molecular weight is 493 g/mol. The van der Waals surface area contributed by atoms with Crippen molar-refractivity contribution in [2.75, 3.05) is 19.8 Å². The van der Waals surface area contributed by atoms with E-state index in [-0.39, 0.29) is 17.2 Å². The van der Waals surface area contributed by atoms with Gasteiger partial charge in [0.1, 0.15) is 0 Å². The van der Waals surface area contributed by atoms with Crippen LogP contribution in [0.3, 0.4) is 0 Å². The fourth-order valence-electron chi connectivity index (χ4n) is 4.37. The molecule has 0 saturated heterocycles. The van der Waals surface area contributed by atoms with Crippen molar-refractivity contribution in [3.63, 3.8) is 0 Å². The molecular weight excluding hydrogens is 456 g/mol. The number of phenols is 3. The minimum atomic E-state index is 0.0331. The standard InChI is InChI=1S/C30H36O6/c1-4-7-10-34-28-16-22-19(13-25(28)31)20-14-26(32)29(35-11-8-5-2)17-23(20)24-18-30(36-12-9-6-3)27(33)15-21(22)24/h13-18,31-33H,4-12H2,1-3H3. The fourth-order valence-corrected chi connectivity index (χ4v) is 4.37. The molecule has 6 nitrogen and oxygen atoms in total. The largest absolute Gasteiger partial charge is 0.504 e. The van der Waals surface area contributed by atoms with Crippen LogP contribution in [0.5, 0.6) is 34.5 Å². The smallest absolute Gasteiger partial charge is 0.161 e. The number of benzene rings is 4. The Morgan fingerprint density at radius 1 is 0.444 bits per heavy atom. The second-order valence-corrected chi connectivity index (χ2v) is 9.20. The highest BCUT2D eigenvalue weighted by atomic mass is 16.5. The Kier molecular flexibility index (Phi) is 8.14. The molecule has 0 fully saturated rings. The summed E-state index contributed by atoms with van der Waals surface area (Å²) >= 11 is 0. The van der Waals surface area contributed by atoms with Gasteiger partial charge in [-0.05, 0) is 88.0 Å². The zero-order valence-corrected chi connectivity index (χ0v) is 21.4. The van der Waals surface area contributed by atoms with Crippen molar-refractivity contribution >= 4 is 32.3 Å². The summed E-state index contributed by atoms with van der Waals surface area (Å²) in [4.78, 5) is 0. The summed E-state index contributed by atoms with van der Waals surface area (Å²) in [5, 5.41) is 37.1. The van der Waals surface area contributed by atoms with Crippen LogP contribution in [0.25, 0.3) is 32.3 Å². The molecule has 0 aromatic heterocycles. The number of ether oxygens (including phenoxy) is 3. The number of phenolic OH excluding ortho intramolecular Hbond substituents is 3. The van der Waals surface area contributed by atoms with Gasteiger partial charge in [0.25, 0.3) is 0 Å². The summed E-state index contributed by atoms with van der Waals surface area (Å²) in [5.74, 6) is 1.34. The first-order valence-corrected chi connectivity index (χ1v) is 13.0. The molecule has 192 valence electrons. The maximum Gasteiger partial charge on any atom is 0.161 e. The Balaban J connectivity index is 1.98. The molecule has 0 amide bonds. The summed E-state index contributed by atoms with van der Waals surface area (Å²) in [5.41, 5.74) is 0. The van der Waals surface area contributed by atoms with E-state index in [1.807, 2.05) is 18.2 Å².